The van der Waals surface area contributed by atoms with Gasteiger partial charge in [0.05, 0.1) is 181 Å². The average Bonchev–Trinajstić information content (AvgIpc) is 3.49. The Balaban J connectivity index is 0. The Morgan fingerprint density at radius 3 is 0.833 bits per heavy atom. The Kier molecular flexibility index (Phi) is 41.4. The Morgan fingerprint density at radius 2 is 0.633 bits per heavy atom. The zero-order valence-electron chi connectivity index (χ0n) is 34.1. The minimum Gasteiger partial charge on any atom is -0.394 e. The fourth-order valence-electron chi connectivity index (χ4n) is 4.67. The molecule has 2 amide bonds. The van der Waals surface area contributed by atoms with Crippen molar-refractivity contribution in [3.05, 3.63) is 35.4 Å². The number of hydrogen-bond donors (Lipinski definition) is 11. The molecule has 0 atom stereocenters. The molecule has 0 saturated carbocycles. The molecule has 0 saturated heterocycles. The molecule has 60 heavy (non-hydrogen) atoms. The van der Waals surface area contributed by atoms with Crippen LogP contribution in [0.1, 0.15) is 20.7 Å². The third-order valence-electron chi connectivity index (χ3n) is 7.36. The highest BCUT2D eigenvalue weighted by molar-refractivity contribution is 6.20. The Hall–Kier alpha value is -2.56. The lowest BCUT2D eigenvalue weighted by Crippen LogP contribution is -2.43. The Morgan fingerprint density at radius 1 is 0.417 bits per heavy atom. The fraction of sp³-hybridized carbons (Fsp3) is 0.765. The molecule has 17 N–H and O–H groups in total. The lowest BCUT2D eigenvalue weighted by molar-refractivity contribution is -0.121. The summed E-state index contributed by atoms with van der Waals surface area (Å²) < 4.78 is 43.8. The number of carbonyl (C=O) groups excluding carboxylic acids is 2. The van der Waals surface area contributed by atoms with Crippen molar-refractivity contribution in [3.8, 4) is 0 Å². The van der Waals surface area contributed by atoms with E-state index in [1.165, 1.54) is 12.1 Å². The van der Waals surface area contributed by atoms with Crippen molar-refractivity contribution in [2.24, 2.45) is 46.1 Å². The number of benzene rings is 1. The van der Waals surface area contributed by atoms with E-state index in [1.54, 1.807) is 12.1 Å². The van der Waals surface area contributed by atoms with Gasteiger partial charge < -0.3 is 77.7 Å². The highest BCUT2D eigenvalue weighted by atomic mass is 16.6. The van der Waals surface area contributed by atoms with E-state index in [-0.39, 0.29) is 122 Å². The van der Waals surface area contributed by atoms with Crippen molar-refractivity contribution in [2.75, 3.05) is 159 Å². The van der Waals surface area contributed by atoms with Crippen LogP contribution in [-0.2, 0) is 57.2 Å². The first kappa shape index (κ1) is 59.5. The number of nitrogens with zero attached hydrogens (tertiary/aromatic N) is 1. The number of hydroxylamine groups is 2. The normalized spacial score (nSPS) is 12.3. The smallest absolute Gasteiger partial charge is 0.285 e. The minimum atomic E-state index is -0.657. The van der Waals surface area contributed by atoms with Crippen LogP contribution in [0.4, 0.5) is 0 Å². The molecular weight excluding hydrogens is 810 g/mol. The summed E-state index contributed by atoms with van der Waals surface area (Å²) in [6.45, 7) is 4.82. The van der Waals surface area contributed by atoms with Gasteiger partial charge >= 0.3 is 0 Å². The number of carbonyl (C=O) groups is 2. The summed E-state index contributed by atoms with van der Waals surface area (Å²) in [5.74, 6) is 26.6. The first-order valence-electron chi connectivity index (χ1n) is 18.5. The van der Waals surface area contributed by atoms with E-state index in [0.717, 1.165) is 0 Å². The van der Waals surface area contributed by atoms with Crippen LogP contribution >= 0.6 is 0 Å². The van der Waals surface area contributed by atoms with Gasteiger partial charge in [-0.2, -0.15) is 0 Å². The summed E-state index contributed by atoms with van der Waals surface area (Å²) in [7, 11) is 0. The standard InChI is InChI=1S/C13H32N4O8.C13H28O8.C8H5NO3.H4N2/c14-22-5-1-18-9-13(10-19-2-6-23-15,11-20-3-7-24-16)12-21-4-8-25-17;14-1-5-18-9-13(10-19-6-2-15,11-20-7-3-16)12-21-8-4-17;10-7-5-3-1-2-4-6(5)8(11)9(7)12;1-2/h1-12,14-17H2;14-17H,1-12H2;1-4,12H;1-2H2. The maximum absolute atomic E-state index is 11.1. The van der Waals surface area contributed by atoms with E-state index in [4.69, 9.17) is 87.1 Å². The number of imide groups is 1. The van der Waals surface area contributed by atoms with Gasteiger partial charge in [-0.05, 0) is 12.1 Å². The summed E-state index contributed by atoms with van der Waals surface area (Å²) in [4.78, 5) is 40.1. The molecule has 0 aliphatic carbocycles. The molecule has 1 heterocycles. The van der Waals surface area contributed by atoms with Crippen LogP contribution < -0.4 is 35.3 Å². The highest BCUT2D eigenvalue weighted by Gasteiger charge is 2.35. The molecule has 0 bridgehead atoms. The van der Waals surface area contributed by atoms with Crippen LogP contribution in [0, 0.1) is 10.8 Å². The number of ether oxygens (including phenoxy) is 8. The molecule has 26 nitrogen and oxygen atoms in total. The average molecular weight is 880 g/mol. The van der Waals surface area contributed by atoms with Crippen LogP contribution in [-0.4, -0.2) is 201 Å². The monoisotopic (exact) mass is 879 g/mol. The van der Waals surface area contributed by atoms with Gasteiger partial charge in [0.2, 0.25) is 0 Å². The first-order chi connectivity index (χ1) is 29.2. The maximum atomic E-state index is 11.1. The molecule has 0 aromatic heterocycles. The van der Waals surface area contributed by atoms with E-state index < -0.39 is 22.6 Å². The second-order valence-corrected chi connectivity index (χ2v) is 12.3. The number of amides is 2. The van der Waals surface area contributed by atoms with Gasteiger partial charge in [-0.15, -0.1) is 5.06 Å². The molecule has 0 fully saturated rings. The van der Waals surface area contributed by atoms with Gasteiger partial charge in [-0.3, -0.25) is 26.5 Å². The third kappa shape index (κ3) is 28.1. The van der Waals surface area contributed by atoms with Gasteiger partial charge in [-0.1, -0.05) is 12.1 Å². The van der Waals surface area contributed by atoms with E-state index in [9.17, 15) is 9.59 Å². The number of fused-ring (bicyclic) bond motifs is 1. The lowest BCUT2D eigenvalue weighted by Gasteiger charge is -2.33. The maximum Gasteiger partial charge on any atom is 0.285 e. The number of aliphatic hydroxyl groups is 4. The van der Waals surface area contributed by atoms with Crippen molar-refractivity contribution >= 4 is 11.8 Å². The summed E-state index contributed by atoms with van der Waals surface area (Å²) in [5.41, 5.74) is -0.698. The number of hydrogen-bond acceptors (Lipinski definition) is 25. The molecular formula is C34H69N7O19. The zero-order valence-corrected chi connectivity index (χ0v) is 34.1. The summed E-state index contributed by atoms with van der Waals surface area (Å²) >= 11 is 0. The van der Waals surface area contributed by atoms with Crippen LogP contribution in [0.2, 0.25) is 0 Å². The summed E-state index contributed by atoms with van der Waals surface area (Å²) in [6.07, 6.45) is 0. The SMILES string of the molecule is NN.NOCCOCC(COCCON)(COCCON)COCCON.O=C1c2ccccc2C(=O)N1O.OCCOCC(COCCO)(COCCO)COCCO. The van der Waals surface area contributed by atoms with Crippen LogP contribution in [0.25, 0.3) is 0 Å². The van der Waals surface area contributed by atoms with Gasteiger partial charge in [0.1, 0.15) is 0 Å². The number of hydrazine groups is 1. The number of rotatable bonds is 36. The number of aliphatic hydroxyl groups excluding tert-OH is 4. The summed E-state index contributed by atoms with van der Waals surface area (Å²) in [6, 6.07) is 6.30. The van der Waals surface area contributed by atoms with E-state index in [1.807, 2.05) is 0 Å². The lowest BCUT2D eigenvalue weighted by atomic mass is 9.92. The largest absolute Gasteiger partial charge is 0.394 e. The first-order valence-corrected chi connectivity index (χ1v) is 18.5. The van der Waals surface area contributed by atoms with Crippen molar-refractivity contribution in [1.82, 2.24) is 5.06 Å². The van der Waals surface area contributed by atoms with Crippen LogP contribution in [0.15, 0.2) is 24.3 Å². The Bertz CT molecular complexity index is 1000. The molecule has 354 valence electrons. The van der Waals surface area contributed by atoms with E-state index in [2.05, 4.69) is 31.0 Å². The molecule has 1 aliphatic heterocycles. The molecule has 1 aromatic carbocycles. The van der Waals surface area contributed by atoms with Crippen molar-refractivity contribution in [2.45, 2.75) is 0 Å². The third-order valence-corrected chi connectivity index (χ3v) is 7.36. The van der Waals surface area contributed by atoms with Crippen LogP contribution in [0.3, 0.4) is 0 Å². The predicted molar refractivity (Wildman–Crippen MR) is 207 cm³/mol. The predicted octanol–water partition coefficient (Wildman–Crippen LogP) is -4.90. The molecule has 1 aromatic rings. The van der Waals surface area contributed by atoms with Crippen LogP contribution in [0.5, 0.6) is 0 Å². The summed E-state index contributed by atoms with van der Waals surface area (Å²) in [5, 5.41) is 44.2. The minimum absolute atomic E-state index is 0.0947. The van der Waals surface area contributed by atoms with Gasteiger partial charge in [-0.25, -0.2) is 23.6 Å². The molecule has 2 rings (SSSR count). The van der Waals surface area contributed by atoms with Crippen molar-refractivity contribution in [1.29, 1.82) is 0 Å². The van der Waals surface area contributed by atoms with E-state index >= 15 is 0 Å². The zero-order chi connectivity index (χ0) is 45.2. The van der Waals surface area contributed by atoms with Crippen molar-refractivity contribution in [3.63, 3.8) is 0 Å². The Labute approximate surface area is 349 Å². The van der Waals surface area contributed by atoms with Gasteiger partial charge in [0.15, 0.2) is 0 Å². The molecule has 0 spiro atoms. The second kappa shape index (κ2) is 41.8. The topological polar surface area (TPSA) is 405 Å². The van der Waals surface area contributed by atoms with Gasteiger partial charge in [0.25, 0.3) is 11.8 Å². The highest BCUT2D eigenvalue weighted by Crippen LogP contribution is 2.22. The number of nitrogens with two attached hydrogens (primary N) is 6. The fourth-order valence-corrected chi connectivity index (χ4v) is 4.67. The molecule has 0 unspecified atom stereocenters. The van der Waals surface area contributed by atoms with E-state index in [0.29, 0.717) is 52.9 Å². The quantitative estimate of drug-likeness (QED) is 0.00989. The van der Waals surface area contributed by atoms with Gasteiger partial charge in [0, 0.05) is 0 Å². The second-order valence-electron chi connectivity index (χ2n) is 12.3. The molecule has 1 aliphatic rings. The van der Waals surface area contributed by atoms with Crippen molar-refractivity contribution < 1.29 is 92.5 Å². The molecule has 26 heteroatoms. The molecule has 0 radical (unpaired) electrons.